The zero-order valence-electron chi connectivity index (χ0n) is 18.0. The molecule has 1 atom stereocenters. The molecule has 2 heterocycles. The third-order valence-electron chi connectivity index (χ3n) is 5.74. The third-order valence-corrected chi connectivity index (χ3v) is 5.74. The molecular weight excluding hydrogens is 376 g/mol. The number of para-hydroxylation sites is 1. The first kappa shape index (κ1) is 20.2. The molecule has 156 valence electrons. The Labute approximate surface area is 177 Å². The normalized spacial score (nSPS) is 17.1. The standard InChI is InChI=1S/C24H28N4O2/c1-16-10-11-21(30-4)19(14-16)15-27-13-12-25-24(29)23(27)22-17(2)26-28(18(22)3)20-8-6-5-7-9-20/h5-11,14,23H,12-13,15H2,1-4H3,(H,25,29)/t23-/m1/s1. The molecule has 6 heteroatoms. The molecule has 1 amide bonds. The summed E-state index contributed by atoms with van der Waals surface area (Å²) < 4.78 is 7.50. The van der Waals surface area contributed by atoms with E-state index < -0.39 is 0 Å². The molecule has 30 heavy (non-hydrogen) atoms. The van der Waals surface area contributed by atoms with Crippen LogP contribution in [0.3, 0.4) is 0 Å². The molecule has 1 aliphatic heterocycles. The summed E-state index contributed by atoms with van der Waals surface area (Å²) >= 11 is 0. The Bertz CT molecular complexity index is 1060. The number of carbonyl (C=O) groups excluding carboxylic acids is 1. The summed E-state index contributed by atoms with van der Waals surface area (Å²) in [5.41, 5.74) is 6.09. The van der Waals surface area contributed by atoms with Crippen LogP contribution in [-0.4, -0.2) is 40.8 Å². The molecule has 0 bridgehead atoms. The number of hydrogen-bond acceptors (Lipinski definition) is 4. The molecule has 3 aromatic rings. The van der Waals surface area contributed by atoms with E-state index in [2.05, 4.69) is 23.2 Å². The van der Waals surface area contributed by atoms with Crippen molar-refractivity contribution in [1.29, 1.82) is 0 Å². The molecule has 0 spiro atoms. The monoisotopic (exact) mass is 404 g/mol. The lowest BCUT2D eigenvalue weighted by Crippen LogP contribution is -2.49. The Morgan fingerprint density at radius 1 is 1.13 bits per heavy atom. The van der Waals surface area contributed by atoms with E-state index in [9.17, 15) is 4.79 Å². The number of nitrogens with zero attached hydrogens (tertiary/aromatic N) is 3. The SMILES string of the molecule is COc1ccc(C)cc1CN1CCNC(=O)[C@H]1c1c(C)nn(-c2ccccc2)c1C. The van der Waals surface area contributed by atoms with Crippen LogP contribution in [0.25, 0.3) is 5.69 Å². The van der Waals surface area contributed by atoms with Gasteiger partial charge in [-0.05, 0) is 39.0 Å². The molecule has 1 aliphatic rings. The van der Waals surface area contributed by atoms with E-state index in [0.29, 0.717) is 13.1 Å². The second-order valence-electron chi connectivity index (χ2n) is 7.81. The van der Waals surface area contributed by atoms with Crippen LogP contribution in [0.5, 0.6) is 5.75 Å². The molecule has 0 saturated carbocycles. The lowest BCUT2D eigenvalue weighted by atomic mass is 9.99. The van der Waals surface area contributed by atoms with E-state index >= 15 is 0 Å². The van der Waals surface area contributed by atoms with Gasteiger partial charge in [0.05, 0.1) is 18.5 Å². The van der Waals surface area contributed by atoms with Crippen LogP contribution < -0.4 is 10.1 Å². The first-order valence-electron chi connectivity index (χ1n) is 10.3. The highest BCUT2D eigenvalue weighted by atomic mass is 16.5. The number of ether oxygens (including phenoxy) is 1. The van der Waals surface area contributed by atoms with E-state index in [4.69, 9.17) is 9.84 Å². The summed E-state index contributed by atoms with van der Waals surface area (Å²) in [6.45, 7) is 8.13. The van der Waals surface area contributed by atoms with Gasteiger partial charge < -0.3 is 10.1 Å². The lowest BCUT2D eigenvalue weighted by Gasteiger charge is -2.35. The first-order chi connectivity index (χ1) is 14.5. The van der Waals surface area contributed by atoms with Crippen molar-refractivity contribution in [2.45, 2.75) is 33.4 Å². The van der Waals surface area contributed by atoms with Gasteiger partial charge in [-0.3, -0.25) is 9.69 Å². The molecule has 1 aromatic heterocycles. The van der Waals surface area contributed by atoms with Gasteiger partial charge in [0.2, 0.25) is 5.91 Å². The highest BCUT2D eigenvalue weighted by Gasteiger charge is 2.35. The fourth-order valence-corrected chi connectivity index (χ4v) is 4.32. The third kappa shape index (κ3) is 3.71. The second-order valence-corrected chi connectivity index (χ2v) is 7.81. The van der Waals surface area contributed by atoms with E-state index in [1.54, 1.807) is 7.11 Å². The number of rotatable bonds is 5. The van der Waals surface area contributed by atoms with Crippen molar-refractivity contribution < 1.29 is 9.53 Å². The topological polar surface area (TPSA) is 59.4 Å². The molecule has 1 fully saturated rings. The smallest absolute Gasteiger partial charge is 0.242 e. The van der Waals surface area contributed by atoms with Crippen molar-refractivity contribution in [2.24, 2.45) is 0 Å². The van der Waals surface area contributed by atoms with E-state index in [1.807, 2.05) is 61.0 Å². The van der Waals surface area contributed by atoms with E-state index in [1.165, 1.54) is 5.56 Å². The van der Waals surface area contributed by atoms with Crippen LogP contribution in [0.1, 0.15) is 34.1 Å². The van der Waals surface area contributed by atoms with Crippen molar-refractivity contribution in [2.75, 3.05) is 20.2 Å². The maximum Gasteiger partial charge on any atom is 0.242 e. The number of aromatic nitrogens is 2. The highest BCUT2D eigenvalue weighted by molar-refractivity contribution is 5.84. The van der Waals surface area contributed by atoms with Gasteiger partial charge in [0.15, 0.2) is 0 Å². The Balaban J connectivity index is 1.74. The van der Waals surface area contributed by atoms with Gasteiger partial charge >= 0.3 is 0 Å². The number of amides is 1. The van der Waals surface area contributed by atoms with Gasteiger partial charge in [0, 0.05) is 36.5 Å². The van der Waals surface area contributed by atoms with Crippen molar-refractivity contribution in [3.05, 3.63) is 76.6 Å². The van der Waals surface area contributed by atoms with Crippen molar-refractivity contribution in [3.8, 4) is 11.4 Å². The summed E-state index contributed by atoms with van der Waals surface area (Å²) in [5, 5.41) is 7.81. The van der Waals surface area contributed by atoms with Crippen LogP contribution in [0.2, 0.25) is 0 Å². The van der Waals surface area contributed by atoms with Gasteiger partial charge in [-0.25, -0.2) is 4.68 Å². The molecule has 6 nitrogen and oxygen atoms in total. The molecule has 1 N–H and O–H groups in total. The fraction of sp³-hybridized carbons (Fsp3) is 0.333. The van der Waals surface area contributed by atoms with Crippen molar-refractivity contribution >= 4 is 5.91 Å². The van der Waals surface area contributed by atoms with Gasteiger partial charge in [-0.2, -0.15) is 5.10 Å². The van der Waals surface area contributed by atoms with Crippen LogP contribution in [0.15, 0.2) is 48.5 Å². The maximum absolute atomic E-state index is 13.0. The molecule has 0 unspecified atom stereocenters. The van der Waals surface area contributed by atoms with Crippen LogP contribution in [0, 0.1) is 20.8 Å². The Hall–Kier alpha value is -3.12. The number of methoxy groups -OCH3 is 1. The minimum absolute atomic E-state index is 0.0201. The maximum atomic E-state index is 13.0. The second kappa shape index (κ2) is 8.32. The number of aryl methyl sites for hydroxylation is 2. The number of hydrogen-bond donors (Lipinski definition) is 1. The molecular formula is C24H28N4O2. The van der Waals surface area contributed by atoms with E-state index in [-0.39, 0.29) is 11.9 Å². The Morgan fingerprint density at radius 2 is 1.90 bits per heavy atom. The summed E-state index contributed by atoms with van der Waals surface area (Å²) in [7, 11) is 1.69. The van der Waals surface area contributed by atoms with Crippen LogP contribution in [0.4, 0.5) is 0 Å². The first-order valence-corrected chi connectivity index (χ1v) is 10.3. The Morgan fingerprint density at radius 3 is 2.63 bits per heavy atom. The summed E-state index contributed by atoms with van der Waals surface area (Å²) in [6, 6.07) is 15.8. The van der Waals surface area contributed by atoms with Gasteiger partial charge in [-0.15, -0.1) is 0 Å². The number of carbonyl (C=O) groups is 1. The zero-order valence-corrected chi connectivity index (χ0v) is 18.0. The average Bonchev–Trinajstić information content (AvgIpc) is 3.03. The lowest BCUT2D eigenvalue weighted by molar-refractivity contribution is -0.129. The van der Waals surface area contributed by atoms with Crippen LogP contribution >= 0.6 is 0 Å². The van der Waals surface area contributed by atoms with Gasteiger partial charge in [0.25, 0.3) is 0 Å². The molecule has 0 radical (unpaired) electrons. The number of nitrogens with one attached hydrogen (secondary N) is 1. The summed E-state index contributed by atoms with van der Waals surface area (Å²) in [4.78, 5) is 15.3. The molecule has 1 saturated heterocycles. The van der Waals surface area contributed by atoms with Gasteiger partial charge in [-0.1, -0.05) is 35.9 Å². The summed E-state index contributed by atoms with van der Waals surface area (Å²) in [5.74, 6) is 0.866. The predicted molar refractivity (Wildman–Crippen MR) is 117 cm³/mol. The summed E-state index contributed by atoms with van der Waals surface area (Å²) in [6.07, 6.45) is 0. The average molecular weight is 405 g/mol. The molecule has 4 rings (SSSR count). The van der Waals surface area contributed by atoms with Crippen LogP contribution in [-0.2, 0) is 11.3 Å². The minimum atomic E-state index is -0.388. The van der Waals surface area contributed by atoms with E-state index in [0.717, 1.165) is 40.5 Å². The predicted octanol–water partition coefficient (Wildman–Crippen LogP) is 3.48. The zero-order chi connectivity index (χ0) is 21.3. The van der Waals surface area contributed by atoms with Crippen molar-refractivity contribution in [1.82, 2.24) is 20.0 Å². The highest BCUT2D eigenvalue weighted by Crippen LogP contribution is 2.33. The molecule has 0 aliphatic carbocycles. The fourth-order valence-electron chi connectivity index (χ4n) is 4.32. The molecule has 2 aromatic carbocycles. The minimum Gasteiger partial charge on any atom is -0.496 e. The largest absolute Gasteiger partial charge is 0.496 e. The Kier molecular flexibility index (Phi) is 5.59. The number of benzene rings is 2. The quantitative estimate of drug-likeness (QED) is 0.707. The number of piperazine rings is 1. The van der Waals surface area contributed by atoms with Crippen molar-refractivity contribution in [3.63, 3.8) is 0 Å². The van der Waals surface area contributed by atoms with Gasteiger partial charge in [0.1, 0.15) is 11.8 Å².